The van der Waals surface area contributed by atoms with E-state index in [1.165, 1.54) is 11.3 Å². The second-order valence-electron chi connectivity index (χ2n) is 7.10. The van der Waals surface area contributed by atoms with E-state index in [1.807, 2.05) is 48.7 Å². The van der Waals surface area contributed by atoms with E-state index < -0.39 is 12.0 Å². The van der Waals surface area contributed by atoms with Gasteiger partial charge in [0.25, 0.3) is 5.56 Å². The van der Waals surface area contributed by atoms with Gasteiger partial charge in [-0.1, -0.05) is 53.3 Å². The lowest BCUT2D eigenvalue weighted by molar-refractivity contribution is -0.139. The van der Waals surface area contributed by atoms with Crippen molar-refractivity contribution in [3.05, 3.63) is 95.6 Å². The number of aromatic nitrogens is 1. The van der Waals surface area contributed by atoms with Crippen LogP contribution in [0.5, 0.6) is 0 Å². The first-order valence-electron chi connectivity index (χ1n) is 10.0. The SMILES string of the molecule is CCOC(=O)C1=C(C)N=c2s/c(=C\c3ccccc3Cl)c(=O)n2[C@H]1c1ccc(SC)cc1. The summed E-state index contributed by atoms with van der Waals surface area (Å²) in [6, 6.07) is 14.6. The number of ether oxygens (including phenoxy) is 1. The zero-order chi connectivity index (χ0) is 22.8. The molecule has 0 amide bonds. The molecule has 1 aliphatic rings. The Hall–Kier alpha value is -2.61. The van der Waals surface area contributed by atoms with Crippen LogP contribution in [-0.2, 0) is 9.53 Å². The van der Waals surface area contributed by atoms with Gasteiger partial charge in [-0.25, -0.2) is 9.79 Å². The molecule has 2 aromatic carbocycles. The molecule has 1 aliphatic heterocycles. The summed E-state index contributed by atoms with van der Waals surface area (Å²) in [4.78, 5) is 32.7. The standard InChI is InChI=1S/C24H21ClN2O3S2/c1-4-30-23(29)20-14(2)26-24-27(21(20)15-9-11-17(31-3)12-10-15)22(28)19(32-24)13-16-7-5-6-8-18(16)25/h5-13,21H,4H2,1-3H3/b19-13-/t21-/m0/s1. The average Bonchev–Trinajstić information content (AvgIpc) is 3.09. The minimum Gasteiger partial charge on any atom is -0.463 e. The predicted octanol–water partition coefficient (Wildman–Crippen LogP) is 4.17. The molecule has 0 radical (unpaired) electrons. The summed E-state index contributed by atoms with van der Waals surface area (Å²) in [5, 5.41) is 0.561. The maximum absolute atomic E-state index is 13.5. The summed E-state index contributed by atoms with van der Waals surface area (Å²) in [5.41, 5.74) is 2.28. The van der Waals surface area contributed by atoms with Gasteiger partial charge in [0, 0.05) is 9.92 Å². The summed E-state index contributed by atoms with van der Waals surface area (Å²) >= 11 is 9.21. The topological polar surface area (TPSA) is 60.7 Å². The van der Waals surface area contributed by atoms with Crippen molar-refractivity contribution in [1.82, 2.24) is 4.57 Å². The highest BCUT2D eigenvalue weighted by molar-refractivity contribution is 7.98. The van der Waals surface area contributed by atoms with Crippen LogP contribution in [0.4, 0.5) is 0 Å². The van der Waals surface area contributed by atoms with Crippen molar-refractivity contribution >= 4 is 46.7 Å². The van der Waals surface area contributed by atoms with Crippen LogP contribution in [0.25, 0.3) is 6.08 Å². The molecule has 4 rings (SSSR count). The van der Waals surface area contributed by atoms with Crippen molar-refractivity contribution in [1.29, 1.82) is 0 Å². The Balaban J connectivity index is 1.96. The molecule has 0 fully saturated rings. The number of hydrogen-bond donors (Lipinski definition) is 0. The molecule has 2 heterocycles. The van der Waals surface area contributed by atoms with E-state index in [-0.39, 0.29) is 12.2 Å². The number of allylic oxidation sites excluding steroid dienone is 1. The molecule has 1 aromatic heterocycles. The van der Waals surface area contributed by atoms with E-state index in [0.717, 1.165) is 16.0 Å². The minimum atomic E-state index is -0.616. The van der Waals surface area contributed by atoms with Crippen LogP contribution in [-0.4, -0.2) is 23.4 Å². The van der Waals surface area contributed by atoms with Gasteiger partial charge < -0.3 is 4.74 Å². The normalized spacial score (nSPS) is 16.0. The van der Waals surface area contributed by atoms with Crippen molar-refractivity contribution < 1.29 is 9.53 Å². The largest absolute Gasteiger partial charge is 0.463 e. The lowest BCUT2D eigenvalue weighted by Gasteiger charge is -2.24. The van der Waals surface area contributed by atoms with Gasteiger partial charge in [-0.15, -0.1) is 11.8 Å². The molecule has 3 aromatic rings. The Morgan fingerprint density at radius 3 is 2.62 bits per heavy atom. The first-order chi connectivity index (χ1) is 15.4. The van der Waals surface area contributed by atoms with Crippen molar-refractivity contribution in [3.63, 3.8) is 0 Å². The Morgan fingerprint density at radius 2 is 1.97 bits per heavy atom. The number of rotatable bonds is 5. The molecule has 32 heavy (non-hydrogen) atoms. The highest BCUT2D eigenvalue weighted by Crippen LogP contribution is 2.31. The van der Waals surface area contributed by atoms with E-state index in [9.17, 15) is 9.59 Å². The van der Waals surface area contributed by atoms with Gasteiger partial charge in [-0.2, -0.15) is 0 Å². The maximum atomic E-state index is 13.5. The third kappa shape index (κ3) is 4.20. The van der Waals surface area contributed by atoms with E-state index in [1.54, 1.807) is 42.3 Å². The van der Waals surface area contributed by atoms with Gasteiger partial charge in [-0.3, -0.25) is 9.36 Å². The van der Waals surface area contributed by atoms with Crippen LogP contribution in [0.15, 0.2) is 74.5 Å². The van der Waals surface area contributed by atoms with Crippen molar-refractivity contribution in [3.8, 4) is 0 Å². The van der Waals surface area contributed by atoms with Crippen molar-refractivity contribution in [2.24, 2.45) is 4.99 Å². The third-order valence-corrected chi connectivity index (χ3v) is 7.21. The van der Waals surface area contributed by atoms with Crippen LogP contribution in [0, 0.1) is 0 Å². The van der Waals surface area contributed by atoms with Crippen LogP contribution in [0.1, 0.15) is 31.0 Å². The highest BCUT2D eigenvalue weighted by Gasteiger charge is 2.33. The quantitative estimate of drug-likeness (QED) is 0.403. The smallest absolute Gasteiger partial charge is 0.338 e. The Bertz CT molecular complexity index is 1390. The molecule has 0 spiro atoms. The Morgan fingerprint density at radius 1 is 1.25 bits per heavy atom. The fourth-order valence-electron chi connectivity index (χ4n) is 3.63. The predicted molar refractivity (Wildman–Crippen MR) is 130 cm³/mol. The summed E-state index contributed by atoms with van der Waals surface area (Å²) in [6.07, 6.45) is 3.77. The number of thioether (sulfide) groups is 1. The van der Waals surface area contributed by atoms with Gasteiger partial charge in [0.2, 0.25) is 0 Å². The molecule has 0 bridgehead atoms. The number of carbonyl (C=O) groups excluding carboxylic acids is 1. The second-order valence-corrected chi connectivity index (χ2v) is 9.39. The minimum absolute atomic E-state index is 0.220. The molecule has 8 heteroatoms. The summed E-state index contributed by atoms with van der Waals surface area (Å²) < 4.78 is 7.41. The number of hydrogen-bond acceptors (Lipinski definition) is 6. The van der Waals surface area contributed by atoms with E-state index in [0.29, 0.717) is 25.6 Å². The Kier molecular flexibility index (Phi) is 6.69. The van der Waals surface area contributed by atoms with Gasteiger partial charge in [0.05, 0.1) is 28.5 Å². The lowest BCUT2D eigenvalue weighted by Crippen LogP contribution is -2.39. The zero-order valence-electron chi connectivity index (χ0n) is 17.8. The van der Waals surface area contributed by atoms with E-state index >= 15 is 0 Å². The first-order valence-corrected chi connectivity index (χ1v) is 12.4. The molecule has 0 N–H and O–H groups in total. The number of benzene rings is 2. The molecular formula is C24H21ClN2O3S2. The number of halogens is 1. The van der Waals surface area contributed by atoms with Crippen molar-refractivity contribution in [2.75, 3.05) is 12.9 Å². The number of esters is 1. The number of carbonyl (C=O) groups is 1. The Labute approximate surface area is 198 Å². The van der Waals surface area contributed by atoms with E-state index in [2.05, 4.69) is 4.99 Å². The van der Waals surface area contributed by atoms with Crippen LogP contribution in [0.2, 0.25) is 5.02 Å². The molecule has 1 atom stereocenters. The van der Waals surface area contributed by atoms with Crippen LogP contribution >= 0.6 is 34.7 Å². The molecule has 0 saturated carbocycles. The molecule has 164 valence electrons. The molecule has 0 aliphatic carbocycles. The number of nitrogens with zero attached hydrogens (tertiary/aromatic N) is 2. The van der Waals surface area contributed by atoms with Gasteiger partial charge in [-0.05, 0) is 55.5 Å². The molecule has 0 unspecified atom stereocenters. The summed E-state index contributed by atoms with van der Waals surface area (Å²) in [7, 11) is 0. The molecule has 0 saturated heterocycles. The molecule has 5 nitrogen and oxygen atoms in total. The fourth-order valence-corrected chi connectivity index (χ4v) is 5.26. The van der Waals surface area contributed by atoms with Crippen LogP contribution in [0.3, 0.4) is 0 Å². The number of fused-ring (bicyclic) bond motifs is 1. The maximum Gasteiger partial charge on any atom is 0.338 e. The van der Waals surface area contributed by atoms with Gasteiger partial charge in [0.15, 0.2) is 4.80 Å². The molecular weight excluding hydrogens is 464 g/mol. The lowest BCUT2D eigenvalue weighted by atomic mass is 9.96. The average molecular weight is 485 g/mol. The van der Waals surface area contributed by atoms with Crippen LogP contribution < -0.4 is 14.9 Å². The summed E-state index contributed by atoms with van der Waals surface area (Å²) in [6.45, 7) is 3.78. The fraction of sp³-hybridized carbons (Fsp3) is 0.208. The number of thiazole rings is 1. The second kappa shape index (κ2) is 9.48. The van der Waals surface area contributed by atoms with E-state index in [4.69, 9.17) is 16.3 Å². The monoisotopic (exact) mass is 484 g/mol. The highest BCUT2D eigenvalue weighted by atomic mass is 35.5. The third-order valence-electron chi connectivity index (χ3n) is 5.14. The first kappa shape index (κ1) is 22.6. The van der Waals surface area contributed by atoms with Gasteiger partial charge in [0.1, 0.15) is 0 Å². The van der Waals surface area contributed by atoms with Gasteiger partial charge >= 0.3 is 5.97 Å². The zero-order valence-corrected chi connectivity index (χ0v) is 20.2. The van der Waals surface area contributed by atoms with Crippen molar-refractivity contribution in [2.45, 2.75) is 24.8 Å². The summed E-state index contributed by atoms with van der Waals surface area (Å²) in [5.74, 6) is -0.465.